The Morgan fingerprint density at radius 1 is 1.07 bits per heavy atom. The van der Waals surface area contributed by atoms with Crippen molar-refractivity contribution in [3.8, 4) is 0 Å². The molecule has 1 fully saturated rings. The van der Waals surface area contributed by atoms with Crippen molar-refractivity contribution in [2.45, 2.75) is 25.7 Å². The van der Waals surface area contributed by atoms with Crippen LogP contribution in [0.2, 0.25) is 5.02 Å². The number of anilines is 2. The van der Waals surface area contributed by atoms with E-state index in [1.54, 1.807) is 23.1 Å². The van der Waals surface area contributed by atoms with Crippen LogP contribution >= 0.6 is 11.6 Å². The van der Waals surface area contributed by atoms with Crippen LogP contribution in [0.25, 0.3) is 0 Å². The van der Waals surface area contributed by atoms with Crippen LogP contribution in [-0.4, -0.2) is 41.1 Å². The average molecular weight is 409 g/mol. The number of hydrogen-bond acceptors (Lipinski definition) is 3. The molecule has 1 aliphatic heterocycles. The quantitative estimate of drug-likeness (QED) is 0.799. The summed E-state index contributed by atoms with van der Waals surface area (Å²) in [7, 11) is -3.69. The van der Waals surface area contributed by atoms with Crippen molar-refractivity contribution in [2.24, 2.45) is 0 Å². The van der Waals surface area contributed by atoms with E-state index in [1.165, 1.54) is 0 Å². The number of rotatable bonds is 5. The van der Waals surface area contributed by atoms with Gasteiger partial charge in [0.05, 0.1) is 49.0 Å². The minimum absolute atomic E-state index is 0.261. The molecule has 2 aromatic rings. The Morgan fingerprint density at radius 3 is 2.41 bits per heavy atom. The van der Waals surface area contributed by atoms with Gasteiger partial charge in [0.1, 0.15) is 0 Å². The fourth-order valence-corrected chi connectivity index (χ4v) is 4.69. The number of hydrogen-bond donors (Lipinski definition) is 2. The predicted octanol–water partition coefficient (Wildman–Crippen LogP) is 2.48. The zero-order chi connectivity index (χ0) is 19.6. The van der Waals surface area contributed by atoms with Gasteiger partial charge in [0.2, 0.25) is 0 Å². The van der Waals surface area contributed by atoms with E-state index in [2.05, 4.69) is 16.5 Å². The zero-order valence-electron chi connectivity index (χ0n) is 16.0. The van der Waals surface area contributed by atoms with E-state index in [-0.39, 0.29) is 4.90 Å². The SMILES string of the molecule is CC[NH+]1CCN(c2ccc(Cl)cc2NS(=O)(=O)c2ccc(C)c(C)c2)CC1. The molecule has 1 aliphatic rings. The molecular weight excluding hydrogens is 382 g/mol. The second-order valence-electron chi connectivity index (χ2n) is 7.10. The number of sulfonamides is 1. The number of likely N-dealkylation sites (N-methyl/N-ethyl adjacent to an activating group) is 1. The number of aryl methyl sites for hydroxylation is 2. The Labute approximate surface area is 167 Å². The smallest absolute Gasteiger partial charge is 0.261 e. The molecule has 0 amide bonds. The summed E-state index contributed by atoms with van der Waals surface area (Å²) in [6, 6.07) is 10.6. The van der Waals surface area contributed by atoms with E-state index in [1.807, 2.05) is 32.0 Å². The van der Waals surface area contributed by atoms with Crippen molar-refractivity contribution in [2.75, 3.05) is 42.3 Å². The number of nitrogens with one attached hydrogen (secondary N) is 2. The molecule has 0 aromatic heterocycles. The van der Waals surface area contributed by atoms with Crippen LogP contribution in [0.5, 0.6) is 0 Å². The number of nitrogens with zero attached hydrogens (tertiary/aromatic N) is 1. The molecular formula is C20H27ClN3O2S+. The summed E-state index contributed by atoms with van der Waals surface area (Å²) in [6.07, 6.45) is 0. The molecule has 1 saturated heterocycles. The van der Waals surface area contributed by atoms with Crippen molar-refractivity contribution < 1.29 is 13.3 Å². The fraction of sp³-hybridized carbons (Fsp3) is 0.400. The van der Waals surface area contributed by atoms with Gasteiger partial charge in [-0.3, -0.25) is 4.72 Å². The van der Waals surface area contributed by atoms with Gasteiger partial charge in [0.25, 0.3) is 10.0 Å². The van der Waals surface area contributed by atoms with E-state index in [0.29, 0.717) is 10.7 Å². The van der Waals surface area contributed by atoms with Gasteiger partial charge in [-0.25, -0.2) is 8.42 Å². The first-order chi connectivity index (χ1) is 12.8. The highest BCUT2D eigenvalue weighted by Crippen LogP contribution is 2.31. The average Bonchev–Trinajstić information content (AvgIpc) is 2.64. The maximum atomic E-state index is 12.9. The highest BCUT2D eigenvalue weighted by atomic mass is 35.5. The largest absolute Gasteiger partial charge is 0.359 e. The lowest BCUT2D eigenvalue weighted by Gasteiger charge is -2.34. The topological polar surface area (TPSA) is 53.9 Å². The Hall–Kier alpha value is -1.76. The molecule has 0 unspecified atom stereocenters. The maximum Gasteiger partial charge on any atom is 0.261 e. The van der Waals surface area contributed by atoms with Gasteiger partial charge in [-0.15, -0.1) is 0 Å². The number of quaternary nitrogens is 1. The van der Waals surface area contributed by atoms with Crippen LogP contribution in [0.4, 0.5) is 11.4 Å². The van der Waals surface area contributed by atoms with Crippen LogP contribution in [0, 0.1) is 13.8 Å². The highest BCUT2D eigenvalue weighted by molar-refractivity contribution is 7.92. The Balaban J connectivity index is 1.90. The molecule has 0 spiro atoms. The van der Waals surface area contributed by atoms with Crippen molar-refractivity contribution >= 4 is 33.0 Å². The summed E-state index contributed by atoms with van der Waals surface area (Å²) in [5.74, 6) is 0. The van der Waals surface area contributed by atoms with Gasteiger partial charge in [-0.1, -0.05) is 17.7 Å². The minimum atomic E-state index is -3.69. The van der Waals surface area contributed by atoms with Gasteiger partial charge >= 0.3 is 0 Å². The molecule has 0 bridgehead atoms. The monoisotopic (exact) mass is 408 g/mol. The van der Waals surface area contributed by atoms with Crippen LogP contribution < -0.4 is 14.5 Å². The molecule has 7 heteroatoms. The van der Waals surface area contributed by atoms with Crippen LogP contribution in [0.15, 0.2) is 41.3 Å². The maximum absolute atomic E-state index is 12.9. The van der Waals surface area contributed by atoms with Crippen LogP contribution in [0.1, 0.15) is 18.1 Å². The van der Waals surface area contributed by atoms with Gasteiger partial charge in [-0.2, -0.15) is 0 Å². The van der Waals surface area contributed by atoms with Crippen LogP contribution in [-0.2, 0) is 10.0 Å². The molecule has 3 rings (SSSR count). The van der Waals surface area contributed by atoms with Crippen molar-refractivity contribution in [1.82, 2.24) is 0 Å². The molecule has 27 heavy (non-hydrogen) atoms. The molecule has 2 aromatic carbocycles. The lowest BCUT2D eigenvalue weighted by molar-refractivity contribution is -0.898. The summed E-state index contributed by atoms with van der Waals surface area (Å²) < 4.78 is 28.6. The number of benzene rings is 2. The molecule has 0 atom stereocenters. The molecule has 2 N–H and O–H groups in total. The van der Waals surface area contributed by atoms with Crippen LogP contribution in [0.3, 0.4) is 0 Å². The second-order valence-corrected chi connectivity index (χ2v) is 9.22. The third-order valence-electron chi connectivity index (χ3n) is 5.30. The molecule has 0 saturated carbocycles. The van der Waals surface area contributed by atoms with Gasteiger partial charge in [0.15, 0.2) is 0 Å². The van der Waals surface area contributed by atoms with Crippen molar-refractivity contribution in [3.05, 3.63) is 52.5 Å². The summed E-state index contributed by atoms with van der Waals surface area (Å²) in [5, 5.41) is 0.509. The number of piperazine rings is 1. The normalized spacial score (nSPS) is 15.8. The lowest BCUT2D eigenvalue weighted by atomic mass is 10.1. The lowest BCUT2D eigenvalue weighted by Crippen LogP contribution is -3.14. The van der Waals surface area contributed by atoms with E-state index in [9.17, 15) is 8.42 Å². The van der Waals surface area contributed by atoms with Crippen molar-refractivity contribution in [1.29, 1.82) is 0 Å². The third kappa shape index (κ3) is 4.57. The molecule has 0 aliphatic carbocycles. The molecule has 5 nitrogen and oxygen atoms in total. The summed E-state index contributed by atoms with van der Waals surface area (Å²) in [5.41, 5.74) is 3.42. The molecule has 1 heterocycles. The first-order valence-electron chi connectivity index (χ1n) is 9.28. The van der Waals surface area contributed by atoms with Gasteiger partial charge in [-0.05, 0) is 62.2 Å². The van der Waals surface area contributed by atoms with E-state index in [4.69, 9.17) is 11.6 Å². The summed E-state index contributed by atoms with van der Waals surface area (Å²) in [4.78, 5) is 4.06. The summed E-state index contributed by atoms with van der Waals surface area (Å²) >= 11 is 6.16. The Morgan fingerprint density at radius 2 is 1.78 bits per heavy atom. The fourth-order valence-electron chi connectivity index (χ4n) is 3.37. The van der Waals surface area contributed by atoms with Crippen molar-refractivity contribution in [3.63, 3.8) is 0 Å². The minimum Gasteiger partial charge on any atom is -0.359 e. The second kappa shape index (κ2) is 8.09. The van der Waals surface area contributed by atoms with E-state index < -0.39 is 10.0 Å². The Bertz CT molecular complexity index is 923. The van der Waals surface area contributed by atoms with Gasteiger partial charge in [0, 0.05) is 5.02 Å². The highest BCUT2D eigenvalue weighted by Gasteiger charge is 2.23. The summed E-state index contributed by atoms with van der Waals surface area (Å²) in [6.45, 7) is 11.1. The number of halogens is 1. The molecule has 146 valence electrons. The third-order valence-corrected chi connectivity index (χ3v) is 6.90. The predicted molar refractivity (Wildman–Crippen MR) is 112 cm³/mol. The first kappa shape index (κ1) is 20.0. The Kier molecular flexibility index (Phi) is 5.99. The standard InChI is InChI=1S/C20H26ClN3O2S/c1-4-23-9-11-24(12-10-23)20-8-6-17(21)14-19(20)22-27(25,26)18-7-5-15(2)16(3)13-18/h5-8,13-14,22H,4,9-12H2,1-3H3/p+1. The van der Waals surface area contributed by atoms with Gasteiger partial charge < -0.3 is 9.80 Å². The first-order valence-corrected chi connectivity index (χ1v) is 11.1. The zero-order valence-corrected chi connectivity index (χ0v) is 17.6. The van der Waals surface area contributed by atoms with E-state index >= 15 is 0 Å². The molecule has 0 radical (unpaired) electrons. The van der Waals surface area contributed by atoms with E-state index in [0.717, 1.165) is 49.5 Å².